The molecule has 0 aromatic heterocycles. The minimum atomic E-state index is -0.814. The molecule has 0 aliphatic carbocycles. The Hall–Kier alpha value is -3.15. The van der Waals surface area contributed by atoms with Crippen LogP contribution in [0.25, 0.3) is 0 Å². The summed E-state index contributed by atoms with van der Waals surface area (Å²) in [6.45, 7) is 6.54. The lowest BCUT2D eigenvalue weighted by Gasteiger charge is -2.18. The first-order chi connectivity index (χ1) is 32.0. The summed E-state index contributed by atoms with van der Waals surface area (Å²) in [5.74, 6) is -0.988. The molecule has 0 aromatic rings. The van der Waals surface area contributed by atoms with Crippen LogP contribution in [0.4, 0.5) is 0 Å². The first kappa shape index (κ1) is 61.9. The quantitative estimate of drug-likeness (QED) is 0.0262. The summed E-state index contributed by atoms with van der Waals surface area (Å²) in [5, 5.41) is 0. The number of ether oxygens (including phenoxy) is 3. The molecule has 0 fully saturated rings. The molecule has 0 aliphatic rings. The lowest BCUT2D eigenvalue weighted by atomic mass is 10.1. The van der Waals surface area contributed by atoms with Gasteiger partial charge in [0.2, 0.25) is 0 Å². The molecule has 0 rings (SSSR count). The molecule has 0 unspecified atom stereocenters. The third-order valence-corrected chi connectivity index (χ3v) is 11.7. The van der Waals surface area contributed by atoms with E-state index in [1.54, 1.807) is 0 Å². The Balaban J connectivity index is 4.47. The van der Waals surface area contributed by atoms with Crippen LogP contribution in [0.2, 0.25) is 0 Å². The van der Waals surface area contributed by atoms with E-state index in [-0.39, 0.29) is 37.5 Å². The van der Waals surface area contributed by atoms with Crippen molar-refractivity contribution in [3.8, 4) is 0 Å². The van der Waals surface area contributed by atoms with Gasteiger partial charge in [-0.2, -0.15) is 0 Å². The summed E-state index contributed by atoms with van der Waals surface area (Å²) < 4.78 is 16.7. The molecule has 0 aromatic carbocycles. The van der Waals surface area contributed by atoms with E-state index in [2.05, 4.69) is 87.6 Å². The van der Waals surface area contributed by atoms with Crippen molar-refractivity contribution in [3.63, 3.8) is 0 Å². The zero-order chi connectivity index (χ0) is 47.2. The number of hydrogen-bond donors (Lipinski definition) is 0. The van der Waals surface area contributed by atoms with Crippen molar-refractivity contribution in [1.29, 1.82) is 0 Å². The average molecular weight is 907 g/mol. The molecule has 0 N–H and O–H groups in total. The molecule has 0 amide bonds. The summed E-state index contributed by atoms with van der Waals surface area (Å²) in [6, 6.07) is 0. The van der Waals surface area contributed by atoms with Crippen LogP contribution in [0.15, 0.2) is 72.9 Å². The zero-order valence-corrected chi connectivity index (χ0v) is 42.7. The first-order valence-electron chi connectivity index (χ1n) is 27.4. The highest BCUT2D eigenvalue weighted by Crippen LogP contribution is 2.14. The highest BCUT2D eigenvalue weighted by molar-refractivity contribution is 5.71. The normalized spacial score (nSPS) is 12.6. The lowest BCUT2D eigenvalue weighted by molar-refractivity contribution is -0.166. The van der Waals surface area contributed by atoms with Crippen LogP contribution in [0.1, 0.15) is 265 Å². The summed E-state index contributed by atoms with van der Waals surface area (Å²) in [4.78, 5) is 38.0. The van der Waals surface area contributed by atoms with Crippen LogP contribution in [0, 0.1) is 0 Å². The van der Waals surface area contributed by atoms with Crippen molar-refractivity contribution in [3.05, 3.63) is 72.9 Å². The molecule has 6 nitrogen and oxygen atoms in total. The Morgan fingerprint density at radius 3 is 0.969 bits per heavy atom. The number of esters is 3. The largest absolute Gasteiger partial charge is 0.462 e. The molecule has 0 aliphatic heterocycles. The van der Waals surface area contributed by atoms with Crippen molar-refractivity contribution in [2.24, 2.45) is 0 Å². The number of carbonyl (C=O) groups excluding carboxylic acids is 3. The van der Waals surface area contributed by atoms with Gasteiger partial charge in [-0.15, -0.1) is 0 Å². The second kappa shape index (κ2) is 53.5. The van der Waals surface area contributed by atoms with E-state index in [1.165, 1.54) is 154 Å². The zero-order valence-electron chi connectivity index (χ0n) is 42.7. The molecule has 0 bridgehead atoms. The highest BCUT2D eigenvalue weighted by Gasteiger charge is 2.19. The fourth-order valence-corrected chi connectivity index (χ4v) is 7.54. The van der Waals surface area contributed by atoms with Crippen LogP contribution >= 0.6 is 0 Å². The smallest absolute Gasteiger partial charge is 0.306 e. The van der Waals surface area contributed by atoms with Gasteiger partial charge in [-0.25, -0.2) is 0 Å². The number of unbranched alkanes of at least 4 members (excludes halogenated alkanes) is 26. The molecule has 0 saturated heterocycles. The van der Waals surface area contributed by atoms with E-state index < -0.39 is 6.10 Å². The van der Waals surface area contributed by atoms with Crippen LogP contribution < -0.4 is 0 Å². The van der Waals surface area contributed by atoms with Gasteiger partial charge in [-0.3, -0.25) is 14.4 Å². The summed E-state index contributed by atoms with van der Waals surface area (Å²) in [6.07, 6.45) is 67.5. The molecular weight excluding hydrogens is 805 g/mol. The van der Waals surface area contributed by atoms with E-state index in [0.29, 0.717) is 19.3 Å². The molecule has 65 heavy (non-hydrogen) atoms. The van der Waals surface area contributed by atoms with E-state index in [0.717, 1.165) is 64.2 Å². The monoisotopic (exact) mass is 907 g/mol. The predicted molar refractivity (Wildman–Crippen MR) is 279 cm³/mol. The van der Waals surface area contributed by atoms with Gasteiger partial charge >= 0.3 is 17.9 Å². The molecule has 0 saturated carbocycles. The Bertz CT molecular complexity index is 1230. The van der Waals surface area contributed by atoms with Crippen LogP contribution in [-0.4, -0.2) is 37.2 Å². The van der Waals surface area contributed by atoms with Gasteiger partial charge in [-0.1, -0.05) is 235 Å². The van der Waals surface area contributed by atoms with Crippen molar-refractivity contribution in [2.45, 2.75) is 271 Å². The molecule has 6 heteroatoms. The van der Waals surface area contributed by atoms with Gasteiger partial charge in [0.05, 0.1) is 0 Å². The first-order valence-corrected chi connectivity index (χ1v) is 27.4. The van der Waals surface area contributed by atoms with Gasteiger partial charge in [-0.05, 0) is 83.5 Å². The maximum atomic E-state index is 12.8. The fraction of sp³-hybridized carbons (Fsp3) is 0.746. The van der Waals surface area contributed by atoms with E-state index >= 15 is 0 Å². The van der Waals surface area contributed by atoms with Crippen molar-refractivity contribution in [2.75, 3.05) is 13.2 Å². The molecule has 0 heterocycles. The van der Waals surface area contributed by atoms with Gasteiger partial charge in [0.15, 0.2) is 6.10 Å². The molecule has 0 spiro atoms. The van der Waals surface area contributed by atoms with Crippen LogP contribution in [0.3, 0.4) is 0 Å². The van der Waals surface area contributed by atoms with Gasteiger partial charge in [0.25, 0.3) is 0 Å². The third-order valence-electron chi connectivity index (χ3n) is 11.7. The van der Waals surface area contributed by atoms with Crippen LogP contribution in [-0.2, 0) is 28.6 Å². The van der Waals surface area contributed by atoms with Crippen molar-refractivity contribution < 1.29 is 28.6 Å². The number of carbonyl (C=O) groups is 3. The molecule has 374 valence electrons. The van der Waals surface area contributed by atoms with Gasteiger partial charge in [0, 0.05) is 19.3 Å². The van der Waals surface area contributed by atoms with Crippen molar-refractivity contribution >= 4 is 17.9 Å². The molecule has 1 atom stereocenters. The maximum Gasteiger partial charge on any atom is 0.306 e. The SMILES string of the molecule is CCCCC/C=C\C/C=C\C/C=C\C/C=C\C/C=C\CCC(=O)O[C@H](COC(=O)CCCCCCCCC/C=C\CCCCCCCC)COC(=O)CCCCCCCCCCCCC. The summed E-state index contributed by atoms with van der Waals surface area (Å²) in [7, 11) is 0. The van der Waals surface area contributed by atoms with Crippen LogP contribution in [0.5, 0.6) is 0 Å². The number of rotatable bonds is 49. The second-order valence-corrected chi connectivity index (χ2v) is 18.1. The van der Waals surface area contributed by atoms with Crippen molar-refractivity contribution in [1.82, 2.24) is 0 Å². The maximum absolute atomic E-state index is 12.8. The number of hydrogen-bond acceptors (Lipinski definition) is 6. The lowest BCUT2D eigenvalue weighted by Crippen LogP contribution is -2.30. The minimum absolute atomic E-state index is 0.104. The van der Waals surface area contributed by atoms with E-state index in [1.807, 2.05) is 6.08 Å². The highest BCUT2D eigenvalue weighted by atomic mass is 16.6. The fourth-order valence-electron chi connectivity index (χ4n) is 7.54. The Morgan fingerprint density at radius 1 is 0.308 bits per heavy atom. The summed E-state index contributed by atoms with van der Waals surface area (Å²) >= 11 is 0. The second-order valence-electron chi connectivity index (χ2n) is 18.1. The average Bonchev–Trinajstić information content (AvgIpc) is 3.30. The van der Waals surface area contributed by atoms with Gasteiger partial charge < -0.3 is 14.2 Å². The Kier molecular flexibility index (Phi) is 50.9. The standard InChI is InChI=1S/C59H102O6/c1-4-7-10-13-16-19-22-24-26-28-29-31-33-35-38-41-44-47-50-53-59(62)65-56(54-63-57(60)51-48-45-42-39-36-21-18-15-12-9-6-3)55-64-58(61)52-49-46-43-40-37-34-32-30-27-25-23-20-17-14-11-8-5-2/h16,19,24-27,29,31,35,38,44,47,56H,4-15,17-18,20-23,28,30,32-34,36-37,39-43,45-46,48-55H2,1-3H3/b19-16-,26-24-,27-25-,31-29-,38-35-,47-44-/t56-/m0/s1. The summed E-state index contributed by atoms with van der Waals surface area (Å²) in [5.41, 5.74) is 0. The topological polar surface area (TPSA) is 78.9 Å². The predicted octanol–water partition coefficient (Wildman–Crippen LogP) is 18.2. The van der Waals surface area contributed by atoms with E-state index in [4.69, 9.17) is 14.2 Å². The molecule has 0 radical (unpaired) electrons. The van der Waals surface area contributed by atoms with E-state index in [9.17, 15) is 14.4 Å². The minimum Gasteiger partial charge on any atom is -0.462 e. The van der Waals surface area contributed by atoms with Gasteiger partial charge in [0.1, 0.15) is 13.2 Å². The Morgan fingerprint density at radius 2 is 0.585 bits per heavy atom. The number of allylic oxidation sites excluding steroid dienone is 12. The third kappa shape index (κ3) is 51.7. The molecular formula is C59H102O6. The Labute approximate surface area is 402 Å².